The summed E-state index contributed by atoms with van der Waals surface area (Å²) in [7, 11) is 1.50. The van der Waals surface area contributed by atoms with Gasteiger partial charge in [0, 0.05) is 25.4 Å². The summed E-state index contributed by atoms with van der Waals surface area (Å²) in [5, 5.41) is 0. The van der Waals surface area contributed by atoms with Crippen LogP contribution in [0.1, 0.15) is 0 Å². The van der Waals surface area contributed by atoms with Crippen LogP contribution in [-0.4, -0.2) is 36.6 Å². The molecule has 1 aliphatic rings. The molecule has 0 radical (unpaired) electrons. The van der Waals surface area contributed by atoms with Crippen molar-refractivity contribution >= 4 is 5.95 Å². The minimum Gasteiger partial charge on any atom is -0.481 e. The summed E-state index contributed by atoms with van der Waals surface area (Å²) in [6.45, 7) is 0.621. The summed E-state index contributed by atoms with van der Waals surface area (Å²) < 4.78 is 29.4. The van der Waals surface area contributed by atoms with Crippen LogP contribution in [0.5, 0.6) is 5.88 Å². The third-order valence-electron chi connectivity index (χ3n) is 2.38. The van der Waals surface area contributed by atoms with Crippen LogP contribution in [0.2, 0.25) is 0 Å². The SMILES string of the molecule is COc1ccnc(N2CC(C(F)F)C2)n1. The topological polar surface area (TPSA) is 38.2 Å². The smallest absolute Gasteiger partial charge is 0.244 e. The zero-order chi connectivity index (χ0) is 10.8. The highest BCUT2D eigenvalue weighted by molar-refractivity contribution is 5.35. The van der Waals surface area contributed by atoms with E-state index in [-0.39, 0.29) is 0 Å². The van der Waals surface area contributed by atoms with Gasteiger partial charge in [-0.3, -0.25) is 0 Å². The summed E-state index contributed by atoms with van der Waals surface area (Å²) in [4.78, 5) is 9.76. The molecule has 0 amide bonds. The molecular formula is C9H11F2N3O. The molecule has 1 saturated heterocycles. The fourth-order valence-electron chi connectivity index (χ4n) is 1.43. The monoisotopic (exact) mass is 215 g/mol. The van der Waals surface area contributed by atoms with Crippen molar-refractivity contribution in [1.82, 2.24) is 9.97 Å². The molecular weight excluding hydrogens is 204 g/mol. The highest BCUT2D eigenvalue weighted by atomic mass is 19.3. The van der Waals surface area contributed by atoms with E-state index in [0.717, 1.165) is 0 Å². The van der Waals surface area contributed by atoms with Crippen LogP contribution in [0.3, 0.4) is 0 Å². The fourth-order valence-corrected chi connectivity index (χ4v) is 1.43. The van der Waals surface area contributed by atoms with Gasteiger partial charge >= 0.3 is 0 Å². The van der Waals surface area contributed by atoms with Gasteiger partial charge in [-0.2, -0.15) is 4.98 Å². The van der Waals surface area contributed by atoms with Gasteiger partial charge < -0.3 is 9.64 Å². The lowest BCUT2D eigenvalue weighted by molar-refractivity contribution is 0.0608. The third kappa shape index (κ3) is 1.98. The van der Waals surface area contributed by atoms with Gasteiger partial charge in [-0.1, -0.05) is 0 Å². The van der Waals surface area contributed by atoms with Gasteiger partial charge in [0.15, 0.2) is 0 Å². The number of halogens is 2. The molecule has 0 atom stereocenters. The molecule has 82 valence electrons. The number of nitrogens with zero attached hydrogens (tertiary/aromatic N) is 3. The molecule has 0 spiro atoms. The van der Waals surface area contributed by atoms with Crippen LogP contribution in [0.25, 0.3) is 0 Å². The van der Waals surface area contributed by atoms with Gasteiger partial charge in [-0.05, 0) is 0 Å². The Morgan fingerprint density at radius 3 is 2.87 bits per heavy atom. The Morgan fingerprint density at radius 1 is 1.53 bits per heavy atom. The molecule has 0 aliphatic carbocycles. The highest BCUT2D eigenvalue weighted by Gasteiger charge is 2.35. The predicted molar refractivity (Wildman–Crippen MR) is 50.3 cm³/mol. The van der Waals surface area contributed by atoms with E-state index in [1.165, 1.54) is 7.11 Å². The van der Waals surface area contributed by atoms with Crippen molar-refractivity contribution < 1.29 is 13.5 Å². The molecule has 2 rings (SSSR count). The van der Waals surface area contributed by atoms with Gasteiger partial charge in [0.05, 0.1) is 13.0 Å². The van der Waals surface area contributed by atoms with E-state index in [9.17, 15) is 8.78 Å². The first kappa shape index (κ1) is 10.1. The van der Waals surface area contributed by atoms with Crippen molar-refractivity contribution in [1.29, 1.82) is 0 Å². The molecule has 2 heterocycles. The number of methoxy groups -OCH3 is 1. The number of aromatic nitrogens is 2. The summed E-state index contributed by atoms with van der Waals surface area (Å²) in [5.74, 6) is 0.339. The summed E-state index contributed by atoms with van der Waals surface area (Å²) in [5.41, 5.74) is 0. The largest absolute Gasteiger partial charge is 0.481 e. The van der Waals surface area contributed by atoms with E-state index >= 15 is 0 Å². The minimum atomic E-state index is -2.26. The molecule has 0 aromatic carbocycles. The number of anilines is 1. The number of hydrogen-bond acceptors (Lipinski definition) is 4. The molecule has 1 fully saturated rings. The van der Waals surface area contributed by atoms with Crippen molar-refractivity contribution in [3.8, 4) is 5.88 Å². The second kappa shape index (κ2) is 3.96. The summed E-state index contributed by atoms with van der Waals surface area (Å²) >= 11 is 0. The Bertz CT molecular complexity index is 342. The highest BCUT2D eigenvalue weighted by Crippen LogP contribution is 2.26. The normalized spacial score (nSPS) is 16.7. The Hall–Kier alpha value is -1.46. The lowest BCUT2D eigenvalue weighted by Crippen LogP contribution is -2.50. The summed E-state index contributed by atoms with van der Waals surface area (Å²) in [6.07, 6.45) is -0.705. The van der Waals surface area contributed by atoms with Crippen LogP contribution in [0.4, 0.5) is 14.7 Å². The van der Waals surface area contributed by atoms with Crippen molar-refractivity contribution in [2.45, 2.75) is 6.43 Å². The van der Waals surface area contributed by atoms with Gasteiger partial charge in [0.25, 0.3) is 0 Å². The molecule has 15 heavy (non-hydrogen) atoms. The molecule has 0 bridgehead atoms. The van der Waals surface area contributed by atoms with E-state index in [2.05, 4.69) is 9.97 Å². The van der Waals surface area contributed by atoms with Crippen LogP contribution in [-0.2, 0) is 0 Å². The van der Waals surface area contributed by atoms with E-state index in [1.807, 2.05) is 0 Å². The zero-order valence-corrected chi connectivity index (χ0v) is 8.23. The molecule has 1 aromatic heterocycles. The van der Waals surface area contributed by atoms with E-state index in [4.69, 9.17) is 4.74 Å². The number of alkyl halides is 2. The molecule has 0 N–H and O–H groups in total. The zero-order valence-electron chi connectivity index (χ0n) is 8.23. The Balaban J connectivity index is 2.00. The summed E-state index contributed by atoms with van der Waals surface area (Å²) in [6, 6.07) is 1.62. The molecule has 1 aliphatic heterocycles. The van der Waals surface area contributed by atoms with Crippen LogP contribution in [0, 0.1) is 5.92 Å². The average molecular weight is 215 g/mol. The Morgan fingerprint density at radius 2 is 2.27 bits per heavy atom. The van der Waals surface area contributed by atoms with Crippen LogP contribution in [0.15, 0.2) is 12.3 Å². The number of rotatable bonds is 3. The standard InChI is InChI=1S/C9H11F2N3O/c1-15-7-2-3-12-9(13-7)14-4-6(5-14)8(10)11/h2-3,6,8H,4-5H2,1H3. The first-order valence-electron chi connectivity index (χ1n) is 4.61. The molecule has 0 saturated carbocycles. The third-order valence-corrected chi connectivity index (χ3v) is 2.38. The second-order valence-electron chi connectivity index (χ2n) is 3.40. The van der Waals surface area contributed by atoms with Crippen LogP contribution >= 0.6 is 0 Å². The molecule has 1 aromatic rings. The molecule has 4 nitrogen and oxygen atoms in total. The van der Waals surface area contributed by atoms with E-state index < -0.39 is 12.3 Å². The quantitative estimate of drug-likeness (QED) is 0.759. The molecule has 6 heteroatoms. The number of hydrogen-bond donors (Lipinski definition) is 0. The lowest BCUT2D eigenvalue weighted by atomic mass is 10.0. The Labute approximate surface area is 85.9 Å². The van der Waals surface area contributed by atoms with Gasteiger partial charge in [0.2, 0.25) is 18.3 Å². The molecule has 0 unspecified atom stereocenters. The first-order valence-corrected chi connectivity index (χ1v) is 4.61. The maximum atomic E-state index is 12.2. The lowest BCUT2D eigenvalue weighted by Gasteiger charge is -2.38. The Kier molecular flexibility index (Phi) is 2.66. The maximum absolute atomic E-state index is 12.2. The first-order chi connectivity index (χ1) is 7.20. The predicted octanol–water partition coefficient (Wildman–Crippen LogP) is 1.19. The second-order valence-corrected chi connectivity index (χ2v) is 3.40. The van der Waals surface area contributed by atoms with Crippen molar-refractivity contribution in [2.75, 3.05) is 25.1 Å². The minimum absolute atomic E-state index is 0.310. The van der Waals surface area contributed by atoms with E-state index in [0.29, 0.717) is 24.9 Å². The fraction of sp³-hybridized carbons (Fsp3) is 0.556. The van der Waals surface area contributed by atoms with Crippen molar-refractivity contribution in [3.63, 3.8) is 0 Å². The number of ether oxygens (including phenoxy) is 1. The van der Waals surface area contributed by atoms with Gasteiger partial charge in [-0.25, -0.2) is 13.8 Å². The van der Waals surface area contributed by atoms with E-state index in [1.54, 1.807) is 17.2 Å². The average Bonchev–Trinajstić information content (AvgIpc) is 2.15. The van der Waals surface area contributed by atoms with Crippen molar-refractivity contribution in [2.24, 2.45) is 5.92 Å². The van der Waals surface area contributed by atoms with Gasteiger partial charge in [-0.15, -0.1) is 0 Å². The van der Waals surface area contributed by atoms with Crippen molar-refractivity contribution in [3.05, 3.63) is 12.3 Å². The van der Waals surface area contributed by atoms with Crippen LogP contribution < -0.4 is 9.64 Å². The van der Waals surface area contributed by atoms with Gasteiger partial charge in [0.1, 0.15) is 0 Å². The maximum Gasteiger partial charge on any atom is 0.244 e.